The highest BCUT2D eigenvalue weighted by Gasteiger charge is 2.22. The Balaban J connectivity index is 1.89. The predicted molar refractivity (Wildman–Crippen MR) is 86.9 cm³/mol. The maximum absolute atomic E-state index is 12.2. The number of nitrogens with one attached hydrogen (secondary N) is 2. The minimum absolute atomic E-state index is 0.122. The Morgan fingerprint density at radius 2 is 2.15 bits per heavy atom. The number of rotatable bonds is 4. The molecular formula is C16H23BrN2O. The lowest BCUT2D eigenvalue weighted by atomic mass is 9.84. The first kappa shape index (κ1) is 15.5. The van der Waals surface area contributed by atoms with Crippen LogP contribution in [0.25, 0.3) is 0 Å². The minimum atomic E-state index is 0.122. The first-order valence-electron chi connectivity index (χ1n) is 7.33. The van der Waals surface area contributed by atoms with E-state index in [-0.39, 0.29) is 5.91 Å². The molecule has 2 rings (SSSR count). The number of carbonyl (C=O) groups excluding carboxylic acids is 1. The highest BCUT2D eigenvalue weighted by atomic mass is 79.9. The van der Waals surface area contributed by atoms with Crippen molar-refractivity contribution in [3.8, 4) is 0 Å². The summed E-state index contributed by atoms with van der Waals surface area (Å²) >= 11 is 3.44. The molecule has 3 nitrogen and oxygen atoms in total. The number of carbonyl (C=O) groups is 1. The molecular weight excluding hydrogens is 316 g/mol. The van der Waals surface area contributed by atoms with Crippen LogP contribution in [-0.2, 0) is 4.79 Å². The molecule has 0 aromatic heterocycles. The van der Waals surface area contributed by atoms with Crippen molar-refractivity contribution in [1.29, 1.82) is 0 Å². The van der Waals surface area contributed by atoms with Gasteiger partial charge in [-0.1, -0.05) is 28.9 Å². The predicted octanol–water partition coefficient (Wildman–Crippen LogP) is 3.72. The Bertz CT molecular complexity index is 470. The summed E-state index contributed by atoms with van der Waals surface area (Å²) < 4.78 is 0.991. The number of halogens is 1. The van der Waals surface area contributed by atoms with Crippen molar-refractivity contribution < 1.29 is 4.79 Å². The van der Waals surface area contributed by atoms with E-state index < -0.39 is 0 Å². The lowest BCUT2D eigenvalue weighted by Gasteiger charge is -2.28. The average molecular weight is 339 g/mol. The van der Waals surface area contributed by atoms with Crippen LogP contribution in [0.2, 0.25) is 0 Å². The van der Waals surface area contributed by atoms with E-state index in [0.29, 0.717) is 18.3 Å². The molecule has 1 heterocycles. The summed E-state index contributed by atoms with van der Waals surface area (Å²) in [5, 5.41) is 6.41. The van der Waals surface area contributed by atoms with Crippen LogP contribution in [0.3, 0.4) is 0 Å². The van der Waals surface area contributed by atoms with Gasteiger partial charge in [0.1, 0.15) is 0 Å². The summed E-state index contributed by atoms with van der Waals surface area (Å²) in [7, 11) is 0. The Kier molecular flexibility index (Phi) is 5.61. The Morgan fingerprint density at radius 3 is 2.85 bits per heavy atom. The molecule has 1 aromatic rings. The summed E-state index contributed by atoms with van der Waals surface area (Å²) in [6.45, 7) is 6.38. The monoisotopic (exact) mass is 338 g/mol. The fourth-order valence-electron chi connectivity index (χ4n) is 2.80. The van der Waals surface area contributed by atoms with Crippen molar-refractivity contribution in [3.63, 3.8) is 0 Å². The molecule has 20 heavy (non-hydrogen) atoms. The van der Waals surface area contributed by atoms with E-state index in [9.17, 15) is 4.79 Å². The number of amides is 1. The third-order valence-electron chi connectivity index (χ3n) is 4.17. The van der Waals surface area contributed by atoms with Crippen LogP contribution in [0.4, 0.5) is 5.69 Å². The van der Waals surface area contributed by atoms with Crippen LogP contribution in [0.5, 0.6) is 0 Å². The van der Waals surface area contributed by atoms with Crippen LogP contribution in [0, 0.1) is 18.8 Å². The molecule has 0 bridgehead atoms. The van der Waals surface area contributed by atoms with Gasteiger partial charge in [-0.05, 0) is 62.4 Å². The van der Waals surface area contributed by atoms with Gasteiger partial charge in [-0.3, -0.25) is 4.79 Å². The number of anilines is 1. The van der Waals surface area contributed by atoms with Crippen molar-refractivity contribution in [2.24, 2.45) is 11.8 Å². The van der Waals surface area contributed by atoms with Crippen molar-refractivity contribution >= 4 is 27.5 Å². The molecule has 1 aliphatic rings. The second-order valence-corrected chi connectivity index (χ2v) is 6.69. The molecule has 1 unspecified atom stereocenters. The molecule has 1 aromatic carbocycles. The zero-order valence-electron chi connectivity index (χ0n) is 12.2. The van der Waals surface area contributed by atoms with Gasteiger partial charge in [-0.25, -0.2) is 0 Å². The van der Waals surface area contributed by atoms with Crippen molar-refractivity contribution in [2.45, 2.75) is 33.1 Å². The van der Waals surface area contributed by atoms with Gasteiger partial charge >= 0.3 is 0 Å². The van der Waals surface area contributed by atoms with E-state index in [2.05, 4.69) is 33.5 Å². The smallest absolute Gasteiger partial charge is 0.224 e. The van der Waals surface area contributed by atoms with Gasteiger partial charge < -0.3 is 10.6 Å². The standard InChI is InChI=1S/C16H23BrN2O/c1-11-3-4-14(17)10-15(11)19-16(20)9-12(2)13-5-7-18-8-6-13/h3-4,10,12-13,18H,5-9H2,1-2H3,(H,19,20). The van der Waals surface area contributed by atoms with Crippen LogP contribution in [0.15, 0.2) is 22.7 Å². The third kappa shape index (κ3) is 4.32. The molecule has 0 saturated carbocycles. The van der Waals surface area contributed by atoms with Crippen LogP contribution in [-0.4, -0.2) is 19.0 Å². The van der Waals surface area contributed by atoms with Crippen molar-refractivity contribution in [3.05, 3.63) is 28.2 Å². The number of benzene rings is 1. The largest absolute Gasteiger partial charge is 0.326 e. The summed E-state index contributed by atoms with van der Waals surface area (Å²) in [6.07, 6.45) is 2.98. The average Bonchev–Trinajstić information content (AvgIpc) is 2.43. The highest BCUT2D eigenvalue weighted by Crippen LogP contribution is 2.26. The quantitative estimate of drug-likeness (QED) is 0.878. The fraction of sp³-hybridized carbons (Fsp3) is 0.562. The minimum Gasteiger partial charge on any atom is -0.326 e. The molecule has 1 amide bonds. The number of hydrogen-bond donors (Lipinski definition) is 2. The SMILES string of the molecule is Cc1ccc(Br)cc1NC(=O)CC(C)C1CCNCC1. The fourth-order valence-corrected chi connectivity index (χ4v) is 3.16. The van der Waals surface area contributed by atoms with E-state index in [1.807, 2.05) is 25.1 Å². The normalized spacial score (nSPS) is 17.8. The summed E-state index contributed by atoms with van der Waals surface area (Å²) in [5.41, 5.74) is 2.00. The second kappa shape index (κ2) is 7.23. The number of hydrogen-bond acceptors (Lipinski definition) is 2. The van der Waals surface area contributed by atoms with E-state index in [0.717, 1.165) is 28.8 Å². The van der Waals surface area contributed by atoms with Crippen LogP contribution < -0.4 is 10.6 Å². The molecule has 4 heteroatoms. The lowest BCUT2D eigenvalue weighted by molar-refractivity contribution is -0.117. The summed E-state index contributed by atoms with van der Waals surface area (Å²) in [5.74, 6) is 1.24. The number of piperidine rings is 1. The molecule has 1 atom stereocenters. The molecule has 0 aliphatic carbocycles. The van der Waals surface area contributed by atoms with Gasteiger partial charge in [0.25, 0.3) is 0 Å². The molecule has 1 fully saturated rings. The summed E-state index contributed by atoms with van der Waals surface area (Å²) in [6, 6.07) is 5.96. The maximum atomic E-state index is 12.2. The highest BCUT2D eigenvalue weighted by molar-refractivity contribution is 9.10. The van der Waals surface area contributed by atoms with E-state index in [1.54, 1.807) is 0 Å². The Labute approximate surface area is 129 Å². The van der Waals surface area contributed by atoms with E-state index >= 15 is 0 Å². The number of aryl methyl sites for hydroxylation is 1. The Hall–Kier alpha value is -0.870. The van der Waals surface area contributed by atoms with Gasteiger partial charge in [0.2, 0.25) is 5.91 Å². The Morgan fingerprint density at radius 1 is 1.45 bits per heavy atom. The van der Waals surface area contributed by atoms with Crippen LogP contribution >= 0.6 is 15.9 Å². The molecule has 0 radical (unpaired) electrons. The summed E-state index contributed by atoms with van der Waals surface area (Å²) in [4.78, 5) is 12.2. The first-order valence-corrected chi connectivity index (χ1v) is 8.12. The van der Waals surface area contributed by atoms with Gasteiger partial charge in [-0.15, -0.1) is 0 Å². The molecule has 1 aliphatic heterocycles. The zero-order chi connectivity index (χ0) is 14.5. The van der Waals surface area contributed by atoms with Gasteiger partial charge in [0.05, 0.1) is 0 Å². The van der Waals surface area contributed by atoms with Crippen molar-refractivity contribution in [1.82, 2.24) is 5.32 Å². The van der Waals surface area contributed by atoms with Crippen molar-refractivity contribution in [2.75, 3.05) is 18.4 Å². The topological polar surface area (TPSA) is 41.1 Å². The molecule has 0 spiro atoms. The van der Waals surface area contributed by atoms with Gasteiger partial charge in [-0.2, -0.15) is 0 Å². The second-order valence-electron chi connectivity index (χ2n) is 5.78. The third-order valence-corrected chi connectivity index (χ3v) is 4.66. The van der Waals surface area contributed by atoms with Gasteiger partial charge in [0.15, 0.2) is 0 Å². The molecule has 110 valence electrons. The maximum Gasteiger partial charge on any atom is 0.224 e. The lowest BCUT2D eigenvalue weighted by Crippen LogP contribution is -2.32. The van der Waals surface area contributed by atoms with E-state index in [1.165, 1.54) is 12.8 Å². The van der Waals surface area contributed by atoms with Gasteiger partial charge in [0, 0.05) is 16.6 Å². The molecule has 2 N–H and O–H groups in total. The van der Waals surface area contributed by atoms with E-state index in [4.69, 9.17) is 0 Å². The first-order chi connectivity index (χ1) is 9.56. The zero-order valence-corrected chi connectivity index (χ0v) is 13.8. The van der Waals surface area contributed by atoms with Crippen LogP contribution in [0.1, 0.15) is 31.7 Å². The molecule has 1 saturated heterocycles.